The van der Waals surface area contributed by atoms with E-state index in [1.54, 1.807) is 18.9 Å². The maximum Gasteiger partial charge on any atom is 0.256 e. The van der Waals surface area contributed by atoms with Gasteiger partial charge in [0.15, 0.2) is 17.1 Å². The lowest BCUT2D eigenvalue weighted by molar-refractivity contribution is -0.273. The molecule has 1 saturated heterocycles. The predicted molar refractivity (Wildman–Crippen MR) is 150 cm³/mol. The molecule has 204 valence electrons. The Kier molecular flexibility index (Phi) is 4.79. The third-order valence-electron chi connectivity index (χ3n) is 11.7. The van der Waals surface area contributed by atoms with Crippen LogP contribution in [-0.4, -0.2) is 60.7 Å². The van der Waals surface area contributed by atoms with E-state index in [1.807, 2.05) is 31.4 Å². The summed E-state index contributed by atoms with van der Waals surface area (Å²) in [5.41, 5.74) is 4.61. The van der Waals surface area contributed by atoms with Crippen LogP contribution in [-0.2, 0) is 16.6 Å². The van der Waals surface area contributed by atoms with Crippen molar-refractivity contribution in [3.05, 3.63) is 47.5 Å². The number of aromatic nitrogens is 1. The molecule has 6 nitrogen and oxygen atoms in total. The molecule has 2 aromatic carbocycles. The summed E-state index contributed by atoms with van der Waals surface area (Å²) in [6.45, 7) is 2.44. The third-order valence-corrected chi connectivity index (χ3v) is 12.7. The summed E-state index contributed by atoms with van der Waals surface area (Å²) in [5, 5.41) is 0.759. The number of piperidine rings is 1. The van der Waals surface area contributed by atoms with Crippen molar-refractivity contribution in [2.24, 2.45) is 17.3 Å². The summed E-state index contributed by atoms with van der Waals surface area (Å²) in [5.74, 6) is 4.08. The van der Waals surface area contributed by atoms with E-state index >= 15 is 0 Å². The molecular formula is C32H36N2O4S. The summed E-state index contributed by atoms with van der Waals surface area (Å²) in [4.78, 5) is 7.69. The van der Waals surface area contributed by atoms with Gasteiger partial charge in [-0.05, 0) is 81.2 Å². The average Bonchev–Trinajstić information content (AvgIpc) is 3.56. The Bertz CT molecular complexity index is 1450. The molecule has 1 aromatic heterocycles. The van der Waals surface area contributed by atoms with Gasteiger partial charge in [-0.15, -0.1) is 0 Å². The second-order valence-corrected chi connectivity index (χ2v) is 14.0. The fourth-order valence-corrected chi connectivity index (χ4v) is 11.0. The fraction of sp³-hybridized carbons (Fsp3) is 0.594. The maximum atomic E-state index is 7.17. The van der Waals surface area contributed by atoms with E-state index in [-0.39, 0.29) is 22.5 Å². The van der Waals surface area contributed by atoms with Gasteiger partial charge in [0.1, 0.15) is 17.2 Å². The number of thioether (sulfide) groups is 1. The zero-order chi connectivity index (χ0) is 26.0. The summed E-state index contributed by atoms with van der Waals surface area (Å²) in [7, 11) is 3.71. The Hall–Kier alpha value is -2.22. The van der Waals surface area contributed by atoms with Crippen LogP contribution in [0.2, 0.25) is 0 Å². The molecule has 7 heteroatoms. The van der Waals surface area contributed by atoms with Crippen molar-refractivity contribution in [3.8, 4) is 11.5 Å². The number of hydrogen-bond acceptors (Lipinski definition) is 7. The largest absolute Gasteiger partial charge is 0.493 e. The lowest BCUT2D eigenvalue weighted by atomic mass is 9.35. The zero-order valence-electron chi connectivity index (χ0n) is 22.8. The van der Waals surface area contributed by atoms with Crippen molar-refractivity contribution in [2.45, 2.75) is 73.3 Å². The number of ether oxygens (including phenoxy) is 3. The summed E-state index contributed by atoms with van der Waals surface area (Å²) in [6, 6.07) is 13.1. The molecule has 5 aliphatic carbocycles. The van der Waals surface area contributed by atoms with Gasteiger partial charge < -0.3 is 18.6 Å². The Labute approximate surface area is 233 Å². The average molecular weight is 545 g/mol. The maximum absolute atomic E-state index is 7.17. The molecule has 0 radical (unpaired) electrons. The first kappa shape index (κ1) is 23.5. The highest BCUT2D eigenvalue weighted by Gasteiger charge is 2.80. The highest BCUT2D eigenvalue weighted by atomic mass is 32.2. The Morgan fingerprint density at radius 3 is 2.82 bits per heavy atom. The molecule has 2 aliphatic heterocycles. The van der Waals surface area contributed by atoms with Crippen LogP contribution in [0.3, 0.4) is 0 Å². The number of methoxy groups -OCH3 is 2. The lowest BCUT2D eigenvalue weighted by Gasteiger charge is -2.74. The normalized spacial score (nSPS) is 37.6. The van der Waals surface area contributed by atoms with Crippen LogP contribution in [0.1, 0.15) is 49.7 Å². The van der Waals surface area contributed by atoms with Crippen molar-refractivity contribution in [1.29, 1.82) is 0 Å². The molecule has 7 aliphatic rings. The molecule has 3 heterocycles. The third kappa shape index (κ3) is 2.85. The van der Waals surface area contributed by atoms with Crippen LogP contribution in [0.15, 0.2) is 46.0 Å². The van der Waals surface area contributed by atoms with E-state index < -0.39 is 0 Å². The number of hydrogen-bond donors (Lipinski definition) is 0. The molecule has 4 bridgehead atoms. The zero-order valence-corrected chi connectivity index (χ0v) is 23.6. The van der Waals surface area contributed by atoms with Crippen LogP contribution in [0.4, 0.5) is 0 Å². The number of rotatable bonds is 7. The van der Waals surface area contributed by atoms with Gasteiger partial charge in [-0.25, -0.2) is 4.98 Å². The van der Waals surface area contributed by atoms with Crippen molar-refractivity contribution in [3.63, 3.8) is 0 Å². The minimum atomic E-state index is -0.331. The highest BCUT2D eigenvalue weighted by molar-refractivity contribution is 7.99. The summed E-state index contributed by atoms with van der Waals surface area (Å²) < 4.78 is 25.9. The van der Waals surface area contributed by atoms with Gasteiger partial charge in [-0.3, -0.25) is 4.90 Å². The van der Waals surface area contributed by atoms with E-state index in [1.165, 1.54) is 49.9 Å². The SMILES string of the molecule is COc1ccc2c3c1O[C@H]1C4(OC)CCC5(C[C@@H]4CSc4nc6ccccc6o4)[C@@H](C2)N(CC2CC2)CCC315. The molecule has 5 fully saturated rings. The number of nitrogens with zero attached hydrogens (tertiary/aromatic N) is 2. The monoisotopic (exact) mass is 544 g/mol. The van der Waals surface area contributed by atoms with Crippen LogP contribution >= 0.6 is 11.8 Å². The van der Waals surface area contributed by atoms with Crippen molar-refractivity contribution >= 4 is 22.9 Å². The second kappa shape index (κ2) is 7.95. The van der Waals surface area contributed by atoms with Gasteiger partial charge in [-0.1, -0.05) is 30.0 Å². The van der Waals surface area contributed by atoms with Gasteiger partial charge in [0.2, 0.25) is 0 Å². The first-order chi connectivity index (χ1) is 19.1. The molecule has 4 saturated carbocycles. The number of benzene rings is 2. The number of fused-ring (bicyclic) bond motifs is 3. The van der Waals surface area contributed by atoms with Crippen molar-refractivity contribution in [1.82, 2.24) is 9.88 Å². The smallest absolute Gasteiger partial charge is 0.256 e. The standard InChI is InChI=1S/C32H36N2O4S/c1-35-24-10-9-20-15-25-30-11-12-32(36-2,21(16-30)18-39-29-33-22-5-3-4-6-23(22)37-29)28-31(30,26(20)27(24)38-28)13-14-34(25)17-19-7-8-19/h3-6,9-10,19,21,25,28H,7-8,11-18H2,1-2H3/t21-,25-,28-,30?,31?,32?/m1/s1. The van der Waals surface area contributed by atoms with Crippen LogP contribution in [0, 0.1) is 17.3 Å². The molecule has 6 atom stereocenters. The van der Waals surface area contributed by atoms with Crippen LogP contribution in [0.25, 0.3) is 11.1 Å². The summed E-state index contributed by atoms with van der Waals surface area (Å²) >= 11 is 1.75. The predicted octanol–water partition coefficient (Wildman–Crippen LogP) is 5.85. The minimum absolute atomic E-state index is 0.00220. The Morgan fingerprint density at radius 2 is 2.00 bits per heavy atom. The van der Waals surface area contributed by atoms with Gasteiger partial charge in [-0.2, -0.15) is 0 Å². The van der Waals surface area contributed by atoms with Gasteiger partial charge >= 0.3 is 0 Å². The number of oxazole rings is 1. The van der Waals surface area contributed by atoms with E-state index in [2.05, 4.69) is 17.0 Å². The summed E-state index contributed by atoms with van der Waals surface area (Å²) in [6.07, 6.45) is 8.55. The van der Waals surface area contributed by atoms with Crippen molar-refractivity contribution in [2.75, 3.05) is 33.1 Å². The number of para-hydroxylation sites is 2. The Balaban J connectivity index is 1.16. The first-order valence-corrected chi connectivity index (χ1v) is 15.7. The fourth-order valence-electron chi connectivity index (χ4n) is 9.98. The first-order valence-electron chi connectivity index (χ1n) is 14.8. The molecule has 10 rings (SSSR count). The van der Waals surface area contributed by atoms with E-state index in [0.29, 0.717) is 12.0 Å². The van der Waals surface area contributed by atoms with Gasteiger partial charge in [0.05, 0.1) is 7.11 Å². The van der Waals surface area contributed by atoms with Crippen LogP contribution < -0.4 is 9.47 Å². The van der Waals surface area contributed by atoms with E-state index in [9.17, 15) is 0 Å². The molecule has 39 heavy (non-hydrogen) atoms. The minimum Gasteiger partial charge on any atom is -0.493 e. The topological polar surface area (TPSA) is 57.0 Å². The van der Waals surface area contributed by atoms with E-state index in [4.69, 9.17) is 23.6 Å². The van der Waals surface area contributed by atoms with Crippen LogP contribution in [0.5, 0.6) is 11.5 Å². The quantitative estimate of drug-likeness (QED) is 0.346. The molecule has 3 unspecified atom stereocenters. The molecular weight excluding hydrogens is 508 g/mol. The van der Waals surface area contributed by atoms with E-state index in [0.717, 1.165) is 58.8 Å². The molecule has 0 N–H and O–H groups in total. The molecule has 3 aromatic rings. The van der Waals surface area contributed by atoms with Gasteiger partial charge in [0.25, 0.3) is 5.22 Å². The number of likely N-dealkylation sites (tertiary alicyclic amines) is 1. The highest BCUT2D eigenvalue weighted by Crippen LogP contribution is 2.77. The Morgan fingerprint density at radius 1 is 1.10 bits per heavy atom. The lowest BCUT2D eigenvalue weighted by Crippen LogP contribution is -2.81. The van der Waals surface area contributed by atoms with Crippen molar-refractivity contribution < 1.29 is 18.6 Å². The molecule has 0 amide bonds. The van der Waals surface area contributed by atoms with Gasteiger partial charge in [0, 0.05) is 47.8 Å². The molecule has 2 spiro atoms. The second-order valence-electron chi connectivity index (χ2n) is 13.0.